The van der Waals surface area contributed by atoms with E-state index in [9.17, 15) is 4.79 Å². The molecule has 0 radical (unpaired) electrons. The van der Waals surface area contributed by atoms with Crippen LogP contribution in [0.3, 0.4) is 0 Å². The molecule has 1 aromatic rings. The molecule has 0 aromatic heterocycles. The Morgan fingerprint density at radius 3 is 2.32 bits per heavy atom. The van der Waals surface area contributed by atoms with Crippen LogP contribution in [-0.4, -0.2) is 41.3 Å². The smallest absolute Gasteiger partial charge is 0.175 e. The van der Waals surface area contributed by atoms with Gasteiger partial charge in [0.25, 0.3) is 0 Å². The molecule has 1 aromatic carbocycles. The molecule has 1 rings (SSSR count). The molecule has 0 amide bonds. The molecule has 106 valence electrons. The highest BCUT2D eigenvalue weighted by Gasteiger charge is 2.15. The Balaban J connectivity index is 2.42. The predicted octanol–water partition coefficient (Wildman–Crippen LogP) is 3.64. The fourth-order valence-corrected chi connectivity index (χ4v) is 2.93. The summed E-state index contributed by atoms with van der Waals surface area (Å²) in [6.07, 6.45) is 0. The van der Waals surface area contributed by atoms with Crippen molar-refractivity contribution in [1.82, 2.24) is 4.90 Å². The molecule has 0 N–H and O–H groups in total. The van der Waals surface area contributed by atoms with Crippen molar-refractivity contribution in [3.63, 3.8) is 0 Å². The third kappa shape index (κ3) is 5.37. The number of nitrogens with zero attached hydrogens (tertiary/aromatic N) is 1. The van der Waals surface area contributed by atoms with E-state index in [0.29, 0.717) is 0 Å². The van der Waals surface area contributed by atoms with E-state index in [1.807, 2.05) is 38.1 Å². The monoisotopic (exact) mass is 279 g/mol. The number of carbonyl (C=O) groups is 1. The normalized spacial score (nSPS) is 12.7. The fourth-order valence-electron chi connectivity index (χ4n) is 1.93. The molecule has 2 nitrogen and oxygen atoms in total. The second-order valence-electron chi connectivity index (χ2n) is 4.77. The molecule has 0 fully saturated rings. The zero-order chi connectivity index (χ0) is 14.3. The highest BCUT2D eigenvalue weighted by molar-refractivity contribution is 8.00. The Morgan fingerprint density at radius 2 is 1.79 bits per heavy atom. The Bertz CT molecular complexity index is 384. The highest BCUT2D eigenvalue weighted by Crippen LogP contribution is 2.17. The van der Waals surface area contributed by atoms with Gasteiger partial charge < -0.3 is 4.90 Å². The Hall–Kier alpha value is -0.800. The van der Waals surface area contributed by atoms with Gasteiger partial charge >= 0.3 is 0 Å². The van der Waals surface area contributed by atoms with E-state index >= 15 is 0 Å². The van der Waals surface area contributed by atoms with Crippen molar-refractivity contribution in [3.8, 4) is 0 Å². The maximum absolute atomic E-state index is 12.2. The van der Waals surface area contributed by atoms with Gasteiger partial charge in [-0.05, 0) is 26.9 Å². The van der Waals surface area contributed by atoms with Crippen LogP contribution in [0.4, 0.5) is 0 Å². The van der Waals surface area contributed by atoms with Crippen molar-refractivity contribution in [1.29, 1.82) is 0 Å². The lowest BCUT2D eigenvalue weighted by molar-refractivity contribution is 0.0994. The van der Waals surface area contributed by atoms with Crippen molar-refractivity contribution in [3.05, 3.63) is 35.4 Å². The minimum Gasteiger partial charge on any atom is -0.303 e. The van der Waals surface area contributed by atoms with Gasteiger partial charge in [-0.3, -0.25) is 4.79 Å². The summed E-state index contributed by atoms with van der Waals surface area (Å²) in [6, 6.07) is 7.86. The molecule has 0 heterocycles. The second-order valence-corrected chi connectivity index (χ2v) is 6.22. The number of hydrogen-bond donors (Lipinski definition) is 0. The van der Waals surface area contributed by atoms with Gasteiger partial charge in [-0.25, -0.2) is 0 Å². The number of aryl methyl sites for hydroxylation is 1. The first-order valence-corrected chi connectivity index (χ1v) is 8.08. The summed E-state index contributed by atoms with van der Waals surface area (Å²) in [5.74, 6) is 1.25. The van der Waals surface area contributed by atoms with Crippen molar-refractivity contribution < 1.29 is 4.79 Å². The number of benzene rings is 1. The number of carbonyl (C=O) groups excluding carboxylic acids is 1. The molecule has 1 unspecified atom stereocenters. The molecular weight excluding hydrogens is 254 g/mol. The summed E-state index contributed by atoms with van der Waals surface area (Å²) in [4.78, 5) is 14.6. The molecule has 0 saturated heterocycles. The number of thioether (sulfide) groups is 1. The van der Waals surface area contributed by atoms with Gasteiger partial charge in [0.05, 0.1) is 5.25 Å². The SMILES string of the molecule is CCN(CC)CCSC(C)C(=O)c1ccc(C)cc1. The van der Waals surface area contributed by atoms with E-state index in [-0.39, 0.29) is 11.0 Å². The lowest BCUT2D eigenvalue weighted by atomic mass is 10.1. The van der Waals surface area contributed by atoms with Crippen molar-refractivity contribution in [2.24, 2.45) is 0 Å². The number of hydrogen-bond acceptors (Lipinski definition) is 3. The standard InChI is InChI=1S/C16H25NOS/c1-5-17(6-2)11-12-19-14(4)16(18)15-9-7-13(3)8-10-15/h7-10,14H,5-6,11-12H2,1-4H3. The minimum absolute atomic E-state index is 0.0401. The molecule has 0 aliphatic rings. The van der Waals surface area contributed by atoms with E-state index in [4.69, 9.17) is 0 Å². The Kier molecular flexibility index (Phi) is 7.17. The maximum atomic E-state index is 12.2. The number of ketones is 1. The van der Waals surface area contributed by atoms with E-state index in [1.54, 1.807) is 11.8 Å². The van der Waals surface area contributed by atoms with E-state index in [1.165, 1.54) is 5.56 Å². The summed E-state index contributed by atoms with van der Waals surface area (Å²) in [6.45, 7) is 11.6. The van der Waals surface area contributed by atoms with Gasteiger partial charge in [0.1, 0.15) is 0 Å². The van der Waals surface area contributed by atoms with Crippen LogP contribution >= 0.6 is 11.8 Å². The van der Waals surface area contributed by atoms with E-state index in [2.05, 4.69) is 18.7 Å². The summed E-state index contributed by atoms with van der Waals surface area (Å²) >= 11 is 1.75. The van der Waals surface area contributed by atoms with Gasteiger partial charge in [-0.15, -0.1) is 11.8 Å². The van der Waals surface area contributed by atoms with E-state index < -0.39 is 0 Å². The maximum Gasteiger partial charge on any atom is 0.175 e. The van der Waals surface area contributed by atoms with Crippen LogP contribution in [0.2, 0.25) is 0 Å². The molecule has 3 heteroatoms. The first kappa shape index (κ1) is 16.3. The number of rotatable bonds is 8. The van der Waals surface area contributed by atoms with Gasteiger partial charge in [-0.2, -0.15) is 0 Å². The lowest BCUT2D eigenvalue weighted by Gasteiger charge is -2.18. The highest BCUT2D eigenvalue weighted by atomic mass is 32.2. The van der Waals surface area contributed by atoms with Crippen molar-refractivity contribution in [2.45, 2.75) is 32.9 Å². The Morgan fingerprint density at radius 1 is 1.21 bits per heavy atom. The molecule has 1 atom stereocenters. The summed E-state index contributed by atoms with van der Waals surface area (Å²) < 4.78 is 0. The molecule has 19 heavy (non-hydrogen) atoms. The molecular formula is C16H25NOS. The first-order chi connectivity index (χ1) is 9.08. The van der Waals surface area contributed by atoms with E-state index in [0.717, 1.165) is 31.0 Å². The molecule has 0 aliphatic heterocycles. The minimum atomic E-state index is 0.0401. The average Bonchev–Trinajstić information content (AvgIpc) is 2.43. The van der Waals surface area contributed by atoms with Crippen LogP contribution in [0.15, 0.2) is 24.3 Å². The van der Waals surface area contributed by atoms with Crippen LogP contribution < -0.4 is 0 Å². The zero-order valence-electron chi connectivity index (χ0n) is 12.5. The topological polar surface area (TPSA) is 20.3 Å². The van der Waals surface area contributed by atoms with Crippen molar-refractivity contribution in [2.75, 3.05) is 25.4 Å². The third-order valence-corrected chi connectivity index (χ3v) is 4.51. The Labute approximate surface area is 121 Å². The largest absolute Gasteiger partial charge is 0.303 e. The van der Waals surface area contributed by atoms with Gasteiger partial charge in [0.15, 0.2) is 5.78 Å². The van der Waals surface area contributed by atoms with Gasteiger partial charge in [-0.1, -0.05) is 43.7 Å². The average molecular weight is 279 g/mol. The van der Waals surface area contributed by atoms with Crippen LogP contribution in [0.5, 0.6) is 0 Å². The second kappa shape index (κ2) is 8.39. The molecule has 0 bridgehead atoms. The third-order valence-electron chi connectivity index (χ3n) is 3.38. The van der Waals surface area contributed by atoms with Crippen molar-refractivity contribution >= 4 is 17.5 Å². The van der Waals surface area contributed by atoms with Crippen LogP contribution in [-0.2, 0) is 0 Å². The first-order valence-electron chi connectivity index (χ1n) is 7.03. The number of Topliss-reactive ketones (excluding diaryl/α,β-unsaturated/α-hetero) is 1. The molecule has 0 spiro atoms. The van der Waals surface area contributed by atoms with Crippen LogP contribution in [0.1, 0.15) is 36.7 Å². The zero-order valence-corrected chi connectivity index (χ0v) is 13.3. The van der Waals surface area contributed by atoms with Crippen LogP contribution in [0, 0.1) is 6.92 Å². The quantitative estimate of drug-likeness (QED) is 0.678. The fraction of sp³-hybridized carbons (Fsp3) is 0.562. The summed E-state index contributed by atoms with van der Waals surface area (Å²) in [7, 11) is 0. The molecule has 0 saturated carbocycles. The summed E-state index contributed by atoms with van der Waals surface area (Å²) in [5, 5.41) is 0.0401. The lowest BCUT2D eigenvalue weighted by Crippen LogP contribution is -2.26. The van der Waals surface area contributed by atoms with Gasteiger partial charge in [0.2, 0.25) is 0 Å². The summed E-state index contributed by atoms with van der Waals surface area (Å²) in [5.41, 5.74) is 2.02. The molecule has 0 aliphatic carbocycles. The van der Waals surface area contributed by atoms with Gasteiger partial charge in [0, 0.05) is 17.9 Å². The van der Waals surface area contributed by atoms with Crippen LogP contribution in [0.25, 0.3) is 0 Å². The predicted molar refractivity (Wildman–Crippen MR) is 85.2 cm³/mol.